The summed E-state index contributed by atoms with van der Waals surface area (Å²) >= 11 is 1.80. The number of aliphatic hydroxyl groups excluding tert-OH is 2. The number of hydrogen-bond donors (Lipinski definition) is 4. The molecule has 0 bridgehead atoms. The van der Waals surface area contributed by atoms with Crippen molar-refractivity contribution >= 4 is 52.6 Å². The SMILES string of the molecule is COc1cc(-c2cn3nc(S(N)(=O)=O)sc3n2)ccc1OCCO.NS(=O)(=O)c1nn2cc(-c3ccc(OCCO)cc3)nc2s1. The second kappa shape index (κ2) is 13.6. The van der Waals surface area contributed by atoms with Crippen LogP contribution in [0, 0.1) is 0 Å². The molecule has 0 unspecified atom stereocenters. The van der Waals surface area contributed by atoms with E-state index in [2.05, 4.69) is 20.2 Å². The van der Waals surface area contributed by atoms with Crippen LogP contribution in [0.2, 0.25) is 0 Å². The van der Waals surface area contributed by atoms with Crippen LogP contribution in [-0.2, 0) is 20.0 Å². The summed E-state index contributed by atoms with van der Waals surface area (Å²) in [5.74, 6) is 1.65. The van der Waals surface area contributed by atoms with Crippen molar-refractivity contribution in [2.24, 2.45) is 10.3 Å². The van der Waals surface area contributed by atoms with E-state index in [0.717, 1.165) is 33.8 Å². The van der Waals surface area contributed by atoms with Crippen LogP contribution < -0.4 is 24.5 Å². The Morgan fingerprint density at radius 1 is 0.739 bits per heavy atom. The van der Waals surface area contributed by atoms with E-state index in [4.69, 9.17) is 34.7 Å². The number of aromatic nitrogens is 6. The van der Waals surface area contributed by atoms with Gasteiger partial charge in [0.1, 0.15) is 19.0 Å². The fourth-order valence-electron chi connectivity index (χ4n) is 3.86. The lowest BCUT2D eigenvalue weighted by atomic mass is 10.1. The van der Waals surface area contributed by atoms with E-state index in [-0.39, 0.29) is 35.1 Å². The number of hydrogen-bond acceptors (Lipinski definition) is 15. The van der Waals surface area contributed by atoms with Crippen molar-refractivity contribution in [1.82, 2.24) is 29.2 Å². The van der Waals surface area contributed by atoms with Crippen LogP contribution in [0.5, 0.6) is 17.2 Å². The van der Waals surface area contributed by atoms with Crippen molar-refractivity contribution in [3.63, 3.8) is 0 Å². The first-order valence-electron chi connectivity index (χ1n) is 12.9. The van der Waals surface area contributed by atoms with Gasteiger partial charge in [0.05, 0.1) is 44.1 Å². The number of nitrogens with two attached hydrogens (primary N) is 2. The molecular formula is C25H26N8O9S4. The van der Waals surface area contributed by atoms with E-state index in [1.807, 2.05) is 12.1 Å². The number of fused-ring (bicyclic) bond motifs is 2. The second-order valence-corrected chi connectivity index (χ2v) is 14.4. The van der Waals surface area contributed by atoms with Gasteiger partial charge in [-0.3, -0.25) is 0 Å². The lowest BCUT2D eigenvalue weighted by Gasteiger charge is -2.10. The summed E-state index contributed by atoms with van der Waals surface area (Å²) in [6.45, 7) is 0.257. The Morgan fingerprint density at radius 2 is 1.24 bits per heavy atom. The molecule has 0 atom stereocenters. The molecule has 0 amide bonds. The molecule has 4 heterocycles. The highest BCUT2D eigenvalue weighted by Gasteiger charge is 2.19. The van der Waals surface area contributed by atoms with Crippen LogP contribution in [0.1, 0.15) is 0 Å². The summed E-state index contributed by atoms with van der Waals surface area (Å²) in [6.07, 6.45) is 3.23. The maximum atomic E-state index is 11.3. The van der Waals surface area contributed by atoms with Gasteiger partial charge in [-0.05, 0) is 42.5 Å². The third-order valence-electron chi connectivity index (χ3n) is 5.85. The van der Waals surface area contributed by atoms with Crippen LogP contribution in [-0.4, -0.2) is 89.8 Å². The molecule has 6 rings (SSSR count). The van der Waals surface area contributed by atoms with Crippen molar-refractivity contribution in [2.45, 2.75) is 8.68 Å². The molecule has 0 fully saturated rings. The minimum absolute atomic E-state index is 0.0445. The standard InChI is InChI=1S/C13H14N4O5S2.C12H12N4O4S2/c1-21-11-6-8(2-3-10(11)22-5-4-18)9-7-17-12(15-9)23-13(16-17)24(14,19)20;13-22(18,19)12-15-16-7-10(14-11(16)21-12)8-1-3-9(4-2-8)20-6-5-17/h2-3,6-7,18H,4-5H2,1H3,(H2,14,19,20);1-4,7,17H,5-6H2,(H2,13,18,19). The van der Waals surface area contributed by atoms with Gasteiger partial charge in [-0.25, -0.2) is 46.1 Å². The van der Waals surface area contributed by atoms with Gasteiger partial charge in [-0.2, -0.15) is 0 Å². The van der Waals surface area contributed by atoms with E-state index in [9.17, 15) is 16.8 Å². The molecule has 17 nitrogen and oxygen atoms in total. The number of primary sulfonamides is 2. The van der Waals surface area contributed by atoms with E-state index in [1.165, 1.54) is 16.1 Å². The van der Waals surface area contributed by atoms with Crippen molar-refractivity contribution < 1.29 is 41.3 Å². The maximum Gasteiger partial charge on any atom is 0.267 e. The predicted molar refractivity (Wildman–Crippen MR) is 167 cm³/mol. The van der Waals surface area contributed by atoms with Crippen LogP contribution >= 0.6 is 22.7 Å². The smallest absolute Gasteiger partial charge is 0.267 e. The lowest BCUT2D eigenvalue weighted by Crippen LogP contribution is -2.12. The zero-order valence-corrected chi connectivity index (χ0v) is 27.0. The molecule has 6 N–H and O–H groups in total. The second-order valence-electron chi connectivity index (χ2n) is 9.07. The zero-order chi connectivity index (χ0) is 33.1. The van der Waals surface area contributed by atoms with E-state index < -0.39 is 20.0 Å². The number of aliphatic hydroxyl groups is 2. The van der Waals surface area contributed by atoms with Gasteiger partial charge in [0, 0.05) is 11.1 Å². The van der Waals surface area contributed by atoms with Gasteiger partial charge < -0.3 is 24.4 Å². The molecule has 6 aromatic rings. The Hall–Kier alpha value is -4.22. The number of rotatable bonds is 11. The quantitative estimate of drug-likeness (QED) is 0.146. The predicted octanol–water partition coefficient (Wildman–Crippen LogP) is 0.961. The van der Waals surface area contributed by atoms with Gasteiger partial charge >= 0.3 is 0 Å². The third kappa shape index (κ3) is 7.59. The van der Waals surface area contributed by atoms with Crippen LogP contribution in [0.15, 0.2) is 63.5 Å². The average Bonchev–Trinajstić information content (AvgIpc) is 3.79. The summed E-state index contributed by atoms with van der Waals surface area (Å²) < 4.78 is 63.4. The van der Waals surface area contributed by atoms with Gasteiger partial charge in [0.25, 0.3) is 20.0 Å². The summed E-state index contributed by atoms with van der Waals surface area (Å²) in [4.78, 5) is 9.53. The van der Waals surface area contributed by atoms with Crippen molar-refractivity contribution in [1.29, 1.82) is 0 Å². The first kappa shape index (κ1) is 33.2. The first-order chi connectivity index (χ1) is 21.9. The molecule has 2 aromatic carbocycles. The van der Waals surface area contributed by atoms with Gasteiger partial charge in [-0.15, -0.1) is 10.2 Å². The number of benzene rings is 2. The Bertz CT molecular complexity index is 2130. The number of sulfonamides is 2. The number of imidazole rings is 2. The van der Waals surface area contributed by atoms with Crippen molar-refractivity contribution in [3.05, 3.63) is 54.9 Å². The fourth-order valence-corrected chi connectivity index (χ4v) is 6.87. The lowest BCUT2D eigenvalue weighted by molar-refractivity contribution is 0.196. The third-order valence-corrected chi connectivity index (χ3v) is 10.3. The highest BCUT2D eigenvalue weighted by molar-refractivity contribution is 7.91. The molecule has 0 saturated heterocycles. The minimum atomic E-state index is -3.85. The summed E-state index contributed by atoms with van der Waals surface area (Å²) in [6, 6.07) is 12.4. The van der Waals surface area contributed by atoms with Gasteiger partial charge in [-0.1, -0.05) is 22.7 Å². The zero-order valence-electron chi connectivity index (χ0n) is 23.7. The topological polar surface area (TPSA) is 249 Å². The summed E-state index contributed by atoms with van der Waals surface area (Å²) in [5, 5.41) is 35.4. The van der Waals surface area contributed by atoms with Crippen LogP contribution in [0.3, 0.4) is 0 Å². The summed E-state index contributed by atoms with van der Waals surface area (Å²) in [5.41, 5.74) is 2.85. The number of ether oxygens (including phenoxy) is 3. The van der Waals surface area contributed by atoms with Gasteiger partial charge in [0.2, 0.25) is 18.6 Å². The van der Waals surface area contributed by atoms with E-state index >= 15 is 0 Å². The highest BCUT2D eigenvalue weighted by atomic mass is 32.3. The fraction of sp³-hybridized carbons (Fsp3) is 0.200. The van der Waals surface area contributed by atoms with E-state index in [0.29, 0.717) is 38.6 Å². The van der Waals surface area contributed by atoms with Crippen LogP contribution in [0.25, 0.3) is 32.4 Å². The molecular weight excluding hydrogens is 685 g/mol. The molecule has 244 valence electrons. The molecule has 4 aromatic heterocycles. The Balaban J connectivity index is 0.000000182. The molecule has 46 heavy (non-hydrogen) atoms. The number of methoxy groups -OCH3 is 1. The molecule has 0 aliphatic heterocycles. The van der Waals surface area contributed by atoms with E-state index in [1.54, 1.807) is 42.7 Å². The largest absolute Gasteiger partial charge is 0.493 e. The van der Waals surface area contributed by atoms with Crippen LogP contribution in [0.4, 0.5) is 0 Å². The van der Waals surface area contributed by atoms with Gasteiger partial charge in [0.15, 0.2) is 11.5 Å². The first-order valence-corrected chi connectivity index (χ1v) is 17.7. The molecule has 21 heteroatoms. The van der Waals surface area contributed by atoms with Crippen molar-refractivity contribution in [3.8, 4) is 39.8 Å². The Labute approximate surface area is 269 Å². The molecule has 0 radical (unpaired) electrons. The Morgan fingerprint density at radius 3 is 1.72 bits per heavy atom. The average molecular weight is 711 g/mol. The number of nitrogens with zero attached hydrogens (tertiary/aromatic N) is 6. The maximum absolute atomic E-state index is 11.3. The molecule has 0 saturated carbocycles. The minimum Gasteiger partial charge on any atom is -0.493 e. The molecule has 0 aliphatic carbocycles. The monoisotopic (exact) mass is 710 g/mol. The normalized spacial score (nSPS) is 11.8. The highest BCUT2D eigenvalue weighted by Crippen LogP contribution is 2.33. The Kier molecular flexibility index (Phi) is 9.83. The molecule has 0 spiro atoms. The summed E-state index contributed by atoms with van der Waals surface area (Å²) in [7, 11) is -6.15. The molecule has 0 aliphatic rings. The van der Waals surface area contributed by atoms with Crippen molar-refractivity contribution in [2.75, 3.05) is 33.5 Å².